The highest BCUT2D eigenvalue weighted by molar-refractivity contribution is 6.34. The zero-order valence-corrected chi connectivity index (χ0v) is 24.2. The van der Waals surface area contributed by atoms with Crippen molar-refractivity contribution in [2.45, 2.75) is 17.5 Å². The van der Waals surface area contributed by atoms with Crippen LogP contribution in [0.3, 0.4) is 0 Å². The number of fused-ring (bicyclic) bond motifs is 6. The maximum Gasteiger partial charge on any atom is 0.238 e. The molecule has 7 rings (SSSR count). The minimum atomic E-state index is -1.47. The van der Waals surface area contributed by atoms with E-state index in [9.17, 15) is 9.59 Å². The molecule has 214 valence electrons. The maximum atomic E-state index is 15.1. The zero-order valence-electron chi connectivity index (χ0n) is 23.4. The van der Waals surface area contributed by atoms with Crippen LogP contribution in [-0.2, 0) is 10.2 Å². The fraction of sp³-hybridized carbons (Fsp3) is 0.171. The molecule has 1 spiro atoms. The number of carbonyl (C=O) groups excluding carboxylic acids is 3. The van der Waals surface area contributed by atoms with Crippen molar-refractivity contribution >= 4 is 40.8 Å². The van der Waals surface area contributed by atoms with Crippen LogP contribution in [0.5, 0.6) is 11.5 Å². The maximum absolute atomic E-state index is 15.1. The minimum absolute atomic E-state index is 0.220. The summed E-state index contributed by atoms with van der Waals surface area (Å²) in [6.07, 6.45) is 3.75. The Hall–Kier alpha value is -4.88. The predicted octanol–water partition coefficient (Wildman–Crippen LogP) is 6.34. The van der Waals surface area contributed by atoms with Crippen molar-refractivity contribution in [1.82, 2.24) is 4.90 Å². The van der Waals surface area contributed by atoms with E-state index in [1.807, 2.05) is 65.7 Å². The van der Waals surface area contributed by atoms with Gasteiger partial charge in [-0.2, -0.15) is 0 Å². The lowest BCUT2D eigenvalue weighted by molar-refractivity contribution is -0.122. The highest BCUT2D eigenvalue weighted by atomic mass is 35.5. The van der Waals surface area contributed by atoms with Crippen molar-refractivity contribution in [3.63, 3.8) is 0 Å². The van der Waals surface area contributed by atoms with E-state index in [2.05, 4.69) is 5.32 Å². The second-order valence-electron chi connectivity index (χ2n) is 10.9. The number of nitrogens with one attached hydrogen (secondary N) is 1. The van der Waals surface area contributed by atoms with Gasteiger partial charge < -0.3 is 19.7 Å². The number of benzene rings is 4. The van der Waals surface area contributed by atoms with Crippen molar-refractivity contribution < 1.29 is 23.9 Å². The molecule has 43 heavy (non-hydrogen) atoms. The molecule has 0 aromatic heterocycles. The van der Waals surface area contributed by atoms with Crippen LogP contribution in [0.4, 0.5) is 5.69 Å². The number of hydrogen-bond acceptors (Lipinski definition) is 6. The molecular weight excluding hydrogens is 564 g/mol. The van der Waals surface area contributed by atoms with Gasteiger partial charge in [0.2, 0.25) is 5.91 Å². The third-order valence-electron chi connectivity index (χ3n) is 8.93. The van der Waals surface area contributed by atoms with Gasteiger partial charge in [0.05, 0.1) is 36.8 Å². The number of nitrogens with zero attached hydrogens (tertiary/aromatic N) is 1. The molecule has 3 aliphatic heterocycles. The summed E-state index contributed by atoms with van der Waals surface area (Å²) in [6, 6.07) is 25.2. The van der Waals surface area contributed by atoms with E-state index in [0.717, 1.165) is 11.1 Å². The molecule has 0 radical (unpaired) electrons. The van der Waals surface area contributed by atoms with Gasteiger partial charge in [0, 0.05) is 17.5 Å². The highest BCUT2D eigenvalue weighted by Gasteiger charge is 2.71. The molecule has 1 amide bonds. The first-order valence-electron chi connectivity index (χ1n) is 13.9. The Labute approximate surface area is 253 Å². The summed E-state index contributed by atoms with van der Waals surface area (Å²) in [7, 11) is 2.99. The quantitative estimate of drug-likeness (QED) is 0.264. The molecular formula is C35H27ClN2O5. The molecule has 4 aromatic rings. The van der Waals surface area contributed by atoms with Crippen LogP contribution in [0.2, 0.25) is 5.02 Å². The monoisotopic (exact) mass is 590 g/mol. The molecule has 4 atom stereocenters. The van der Waals surface area contributed by atoms with Gasteiger partial charge in [-0.1, -0.05) is 66.2 Å². The molecule has 0 aliphatic carbocycles. The van der Waals surface area contributed by atoms with Crippen LogP contribution in [0, 0.1) is 5.92 Å². The second kappa shape index (κ2) is 10.1. The average Bonchev–Trinajstić information content (AvgIpc) is 3.52. The zero-order chi connectivity index (χ0) is 29.9. The largest absolute Gasteiger partial charge is 0.497 e. The fourth-order valence-electron chi connectivity index (χ4n) is 7.16. The van der Waals surface area contributed by atoms with Crippen LogP contribution in [0.15, 0.2) is 97.2 Å². The summed E-state index contributed by atoms with van der Waals surface area (Å²) in [5.74, 6) is -1.51. The van der Waals surface area contributed by atoms with E-state index in [1.54, 1.807) is 42.5 Å². The van der Waals surface area contributed by atoms with Crippen LogP contribution < -0.4 is 14.8 Å². The summed E-state index contributed by atoms with van der Waals surface area (Å²) >= 11 is 6.59. The third-order valence-corrected chi connectivity index (χ3v) is 9.26. The van der Waals surface area contributed by atoms with E-state index < -0.39 is 29.2 Å². The van der Waals surface area contributed by atoms with Gasteiger partial charge in [-0.3, -0.25) is 14.4 Å². The average molecular weight is 591 g/mol. The van der Waals surface area contributed by atoms with E-state index in [0.29, 0.717) is 22.7 Å². The van der Waals surface area contributed by atoms with E-state index in [-0.39, 0.29) is 27.8 Å². The number of anilines is 1. The first-order chi connectivity index (χ1) is 20.9. The Morgan fingerprint density at radius 2 is 1.60 bits per heavy atom. The number of amides is 1. The van der Waals surface area contributed by atoms with Gasteiger partial charge in [-0.05, 0) is 59.2 Å². The number of carbonyl (C=O) groups is 3. The molecule has 1 saturated heterocycles. The molecule has 4 aromatic carbocycles. The molecule has 1 N–H and O–H groups in total. The highest BCUT2D eigenvalue weighted by Crippen LogP contribution is 2.62. The number of hydrogen-bond donors (Lipinski definition) is 1. The lowest BCUT2D eigenvalue weighted by Gasteiger charge is -2.38. The molecule has 8 heteroatoms. The van der Waals surface area contributed by atoms with Gasteiger partial charge in [0.15, 0.2) is 11.6 Å². The SMILES string of the molecule is COc1ccc(OC)c(C(=O)[C@@H]2[C@H](C(=O)c3ccccc3Cl)N3C=Cc4ccccc4[C@H]3[C@@]23C(=O)Nc2ccccc23)c1. The molecule has 1 fully saturated rings. The Kier molecular flexibility index (Phi) is 6.36. The lowest BCUT2D eigenvalue weighted by atomic mass is 9.62. The van der Waals surface area contributed by atoms with Crippen LogP contribution in [-0.4, -0.2) is 42.6 Å². The fourth-order valence-corrected chi connectivity index (χ4v) is 7.39. The molecule has 0 unspecified atom stereocenters. The van der Waals surface area contributed by atoms with Crippen LogP contribution >= 0.6 is 11.6 Å². The number of para-hydroxylation sites is 1. The topological polar surface area (TPSA) is 84.9 Å². The van der Waals surface area contributed by atoms with E-state index >= 15 is 4.79 Å². The third kappa shape index (κ3) is 3.78. The number of Topliss-reactive ketones (excluding diaryl/α,β-unsaturated/α-hetero) is 2. The van der Waals surface area contributed by atoms with Gasteiger partial charge in [-0.15, -0.1) is 0 Å². The smallest absolute Gasteiger partial charge is 0.238 e. The Morgan fingerprint density at radius 1 is 0.860 bits per heavy atom. The molecule has 7 nitrogen and oxygen atoms in total. The second-order valence-corrected chi connectivity index (χ2v) is 11.3. The number of halogens is 1. The number of ether oxygens (including phenoxy) is 2. The number of rotatable bonds is 6. The van der Waals surface area contributed by atoms with E-state index in [1.165, 1.54) is 14.2 Å². The molecule has 3 heterocycles. The normalized spacial score (nSPS) is 22.9. The lowest BCUT2D eigenvalue weighted by Crippen LogP contribution is -2.49. The predicted molar refractivity (Wildman–Crippen MR) is 164 cm³/mol. The summed E-state index contributed by atoms with van der Waals surface area (Å²) in [5, 5.41) is 3.33. The van der Waals surface area contributed by atoms with Gasteiger partial charge in [0.1, 0.15) is 23.0 Å². The summed E-state index contributed by atoms with van der Waals surface area (Å²) in [4.78, 5) is 46.4. The molecule has 0 saturated carbocycles. The molecule has 0 bridgehead atoms. The van der Waals surface area contributed by atoms with Crippen LogP contribution in [0.1, 0.15) is 43.4 Å². The van der Waals surface area contributed by atoms with Crippen molar-refractivity contribution in [2.24, 2.45) is 5.92 Å². The van der Waals surface area contributed by atoms with Crippen molar-refractivity contribution in [1.29, 1.82) is 0 Å². The van der Waals surface area contributed by atoms with Crippen molar-refractivity contribution in [2.75, 3.05) is 19.5 Å². The molecule has 3 aliphatic rings. The summed E-state index contributed by atoms with van der Waals surface area (Å²) in [5.41, 5.74) is 2.06. The standard InChI is InChI=1S/C35H27ClN2O5/c1-42-21-15-16-28(43-2)24(19-21)31(39)29-30(32(40)23-11-5-7-13-26(23)36)38-18-17-20-9-3-4-10-22(20)33(38)35(29)25-12-6-8-14-27(25)37-34(35)41/h3-19,29-30,33H,1-2H3,(H,37,41)/t29-,30+,33-,35-/m0/s1. The van der Waals surface area contributed by atoms with Crippen molar-refractivity contribution in [3.8, 4) is 11.5 Å². The Bertz CT molecular complexity index is 1850. The summed E-state index contributed by atoms with van der Waals surface area (Å²) < 4.78 is 11.1. The number of methoxy groups -OCH3 is 2. The Balaban J connectivity index is 1.56. The van der Waals surface area contributed by atoms with Gasteiger partial charge in [0.25, 0.3) is 0 Å². The van der Waals surface area contributed by atoms with Gasteiger partial charge >= 0.3 is 0 Å². The van der Waals surface area contributed by atoms with E-state index in [4.69, 9.17) is 21.1 Å². The first-order valence-corrected chi connectivity index (χ1v) is 14.3. The first kappa shape index (κ1) is 27.0. The Morgan fingerprint density at radius 3 is 2.40 bits per heavy atom. The van der Waals surface area contributed by atoms with Gasteiger partial charge in [-0.25, -0.2) is 0 Å². The van der Waals surface area contributed by atoms with Crippen LogP contribution in [0.25, 0.3) is 6.08 Å². The summed E-state index contributed by atoms with van der Waals surface area (Å²) in [6.45, 7) is 0. The van der Waals surface area contributed by atoms with Crippen molar-refractivity contribution in [3.05, 3.63) is 130 Å². The number of ketones is 2. The minimum Gasteiger partial charge on any atom is -0.497 e.